The highest BCUT2D eigenvalue weighted by molar-refractivity contribution is 5.90. The lowest BCUT2D eigenvalue weighted by molar-refractivity contribution is -0.145. The van der Waals surface area contributed by atoms with Crippen LogP contribution in [0.15, 0.2) is 24.3 Å². The molecule has 1 aliphatic rings. The van der Waals surface area contributed by atoms with Gasteiger partial charge < -0.3 is 14.8 Å². The fourth-order valence-corrected chi connectivity index (χ4v) is 3.34. The van der Waals surface area contributed by atoms with Crippen LogP contribution >= 0.6 is 0 Å². The van der Waals surface area contributed by atoms with E-state index in [0.717, 1.165) is 37.7 Å². The van der Waals surface area contributed by atoms with Crippen molar-refractivity contribution in [1.82, 2.24) is 5.32 Å². The SMILES string of the molecule is COC(=O)[C@@H](Cc1ccc(C(=O)OC(C)(C)C)cc1)NC(=O)C1CCCCC1. The number of benzene rings is 1. The minimum Gasteiger partial charge on any atom is -0.467 e. The molecule has 1 N–H and O–H groups in total. The molecule has 1 saturated carbocycles. The van der Waals surface area contributed by atoms with Gasteiger partial charge in [0.2, 0.25) is 5.91 Å². The highest BCUT2D eigenvalue weighted by Crippen LogP contribution is 2.24. The maximum Gasteiger partial charge on any atom is 0.338 e. The molecule has 0 heterocycles. The zero-order valence-electron chi connectivity index (χ0n) is 17.2. The predicted octanol–water partition coefficient (Wildman–Crippen LogP) is 3.42. The second kappa shape index (κ2) is 9.71. The zero-order valence-corrected chi connectivity index (χ0v) is 17.2. The van der Waals surface area contributed by atoms with Gasteiger partial charge in [0.25, 0.3) is 0 Å². The molecule has 1 amide bonds. The summed E-state index contributed by atoms with van der Waals surface area (Å²) in [6.07, 6.45) is 5.29. The van der Waals surface area contributed by atoms with Crippen LogP contribution in [-0.2, 0) is 25.5 Å². The van der Waals surface area contributed by atoms with Crippen molar-refractivity contribution in [1.29, 1.82) is 0 Å². The van der Waals surface area contributed by atoms with Crippen LogP contribution in [0.25, 0.3) is 0 Å². The Morgan fingerprint density at radius 3 is 2.21 bits per heavy atom. The molecular formula is C22H31NO5. The third-order valence-electron chi connectivity index (χ3n) is 4.81. The normalized spacial score (nSPS) is 16.1. The Labute approximate surface area is 167 Å². The van der Waals surface area contributed by atoms with E-state index in [0.29, 0.717) is 12.0 Å². The molecule has 1 atom stereocenters. The Morgan fingerprint density at radius 2 is 1.68 bits per heavy atom. The van der Waals surface area contributed by atoms with E-state index >= 15 is 0 Å². The molecule has 0 radical (unpaired) electrons. The van der Waals surface area contributed by atoms with Crippen molar-refractivity contribution < 1.29 is 23.9 Å². The smallest absolute Gasteiger partial charge is 0.338 e. The highest BCUT2D eigenvalue weighted by atomic mass is 16.6. The third kappa shape index (κ3) is 6.66. The van der Waals surface area contributed by atoms with E-state index in [2.05, 4.69) is 5.32 Å². The molecule has 0 aromatic heterocycles. The van der Waals surface area contributed by atoms with Gasteiger partial charge in [-0.15, -0.1) is 0 Å². The lowest BCUT2D eigenvalue weighted by Gasteiger charge is -2.24. The van der Waals surface area contributed by atoms with Gasteiger partial charge in [-0.2, -0.15) is 0 Å². The summed E-state index contributed by atoms with van der Waals surface area (Å²) in [7, 11) is 1.31. The zero-order chi connectivity index (χ0) is 20.7. The molecule has 6 nitrogen and oxygen atoms in total. The number of rotatable bonds is 6. The number of esters is 2. The molecule has 0 bridgehead atoms. The average Bonchev–Trinajstić information content (AvgIpc) is 2.66. The van der Waals surface area contributed by atoms with Crippen LogP contribution in [0.4, 0.5) is 0 Å². The molecule has 0 aliphatic heterocycles. The highest BCUT2D eigenvalue weighted by Gasteiger charge is 2.27. The van der Waals surface area contributed by atoms with Gasteiger partial charge in [0.15, 0.2) is 0 Å². The summed E-state index contributed by atoms with van der Waals surface area (Å²) < 4.78 is 10.2. The molecule has 1 aliphatic carbocycles. The number of carbonyl (C=O) groups excluding carboxylic acids is 3. The van der Waals surface area contributed by atoms with E-state index in [4.69, 9.17) is 9.47 Å². The lowest BCUT2D eigenvalue weighted by atomic mass is 9.88. The van der Waals surface area contributed by atoms with Crippen LogP contribution in [-0.4, -0.2) is 36.6 Å². The quantitative estimate of drug-likeness (QED) is 0.754. The van der Waals surface area contributed by atoms with E-state index in [1.165, 1.54) is 7.11 Å². The van der Waals surface area contributed by atoms with Gasteiger partial charge in [0, 0.05) is 12.3 Å². The maximum absolute atomic E-state index is 12.5. The Balaban J connectivity index is 2.02. The molecule has 0 unspecified atom stereocenters. The number of amides is 1. The third-order valence-corrected chi connectivity index (χ3v) is 4.81. The summed E-state index contributed by atoms with van der Waals surface area (Å²) in [5, 5.41) is 2.85. The predicted molar refractivity (Wildman–Crippen MR) is 106 cm³/mol. The lowest BCUT2D eigenvalue weighted by Crippen LogP contribution is -2.45. The van der Waals surface area contributed by atoms with Crippen LogP contribution in [0.1, 0.15) is 68.8 Å². The largest absolute Gasteiger partial charge is 0.467 e. The molecule has 154 valence electrons. The Hall–Kier alpha value is -2.37. The van der Waals surface area contributed by atoms with Crippen LogP contribution in [0.3, 0.4) is 0 Å². The van der Waals surface area contributed by atoms with Gasteiger partial charge in [-0.05, 0) is 51.3 Å². The number of methoxy groups -OCH3 is 1. The van der Waals surface area contributed by atoms with Crippen molar-refractivity contribution in [2.45, 2.75) is 70.9 Å². The second-order valence-electron chi connectivity index (χ2n) is 8.32. The summed E-state index contributed by atoms with van der Waals surface area (Å²) in [5.41, 5.74) is 0.709. The van der Waals surface area contributed by atoms with Crippen molar-refractivity contribution >= 4 is 17.8 Å². The van der Waals surface area contributed by atoms with E-state index in [1.54, 1.807) is 24.3 Å². The van der Waals surface area contributed by atoms with Crippen molar-refractivity contribution in [2.24, 2.45) is 5.92 Å². The van der Waals surface area contributed by atoms with E-state index < -0.39 is 23.6 Å². The fourth-order valence-electron chi connectivity index (χ4n) is 3.34. The molecule has 1 aromatic carbocycles. The number of hydrogen-bond donors (Lipinski definition) is 1. The van der Waals surface area contributed by atoms with E-state index in [-0.39, 0.29) is 11.8 Å². The molecule has 1 fully saturated rings. The van der Waals surface area contributed by atoms with Crippen LogP contribution in [0.5, 0.6) is 0 Å². The minimum atomic E-state index is -0.744. The van der Waals surface area contributed by atoms with E-state index in [9.17, 15) is 14.4 Å². The first-order chi connectivity index (χ1) is 13.2. The number of hydrogen-bond acceptors (Lipinski definition) is 5. The average molecular weight is 389 g/mol. The van der Waals surface area contributed by atoms with Gasteiger partial charge in [-0.3, -0.25) is 4.79 Å². The Bertz CT molecular complexity index is 684. The summed E-state index contributed by atoms with van der Waals surface area (Å²) in [5.74, 6) is -0.981. The monoisotopic (exact) mass is 389 g/mol. The summed E-state index contributed by atoms with van der Waals surface area (Å²) in [6, 6.07) is 6.12. The second-order valence-corrected chi connectivity index (χ2v) is 8.32. The molecule has 0 saturated heterocycles. The van der Waals surface area contributed by atoms with Crippen molar-refractivity contribution in [3.63, 3.8) is 0 Å². The molecule has 0 spiro atoms. The first kappa shape index (κ1) is 21.9. The molecule has 6 heteroatoms. The summed E-state index contributed by atoms with van der Waals surface area (Å²) in [6.45, 7) is 5.44. The summed E-state index contributed by atoms with van der Waals surface area (Å²) >= 11 is 0. The minimum absolute atomic E-state index is 0.0320. The number of carbonyl (C=O) groups is 3. The first-order valence-corrected chi connectivity index (χ1v) is 9.90. The van der Waals surface area contributed by atoms with Crippen LogP contribution < -0.4 is 5.32 Å². The van der Waals surface area contributed by atoms with Crippen molar-refractivity contribution in [2.75, 3.05) is 7.11 Å². The Kier molecular flexibility index (Phi) is 7.61. The molecular weight excluding hydrogens is 358 g/mol. The summed E-state index contributed by atoms with van der Waals surface area (Å²) in [4.78, 5) is 36.8. The van der Waals surface area contributed by atoms with Crippen LogP contribution in [0, 0.1) is 5.92 Å². The van der Waals surface area contributed by atoms with Gasteiger partial charge in [0.1, 0.15) is 11.6 Å². The Morgan fingerprint density at radius 1 is 1.07 bits per heavy atom. The van der Waals surface area contributed by atoms with Crippen molar-refractivity contribution in [3.05, 3.63) is 35.4 Å². The molecule has 1 aromatic rings. The number of nitrogens with one attached hydrogen (secondary N) is 1. The van der Waals surface area contributed by atoms with Gasteiger partial charge in [-0.1, -0.05) is 31.4 Å². The van der Waals surface area contributed by atoms with Gasteiger partial charge in [-0.25, -0.2) is 9.59 Å². The molecule has 28 heavy (non-hydrogen) atoms. The topological polar surface area (TPSA) is 81.7 Å². The number of ether oxygens (including phenoxy) is 2. The van der Waals surface area contributed by atoms with E-state index in [1.807, 2.05) is 20.8 Å². The standard InChI is InChI=1S/C22H31NO5/c1-22(2,3)28-20(25)17-12-10-15(11-13-17)14-18(21(26)27-4)23-19(24)16-8-6-5-7-9-16/h10-13,16,18H,5-9,14H2,1-4H3,(H,23,24)/t18-/m1/s1. The van der Waals surface area contributed by atoms with Crippen molar-refractivity contribution in [3.8, 4) is 0 Å². The van der Waals surface area contributed by atoms with Gasteiger partial charge in [0.05, 0.1) is 12.7 Å². The van der Waals surface area contributed by atoms with Crippen LogP contribution in [0.2, 0.25) is 0 Å². The molecule has 2 rings (SSSR count). The first-order valence-electron chi connectivity index (χ1n) is 9.90. The fraction of sp³-hybridized carbons (Fsp3) is 0.591. The van der Waals surface area contributed by atoms with Gasteiger partial charge >= 0.3 is 11.9 Å². The maximum atomic E-state index is 12.5.